The predicted molar refractivity (Wildman–Crippen MR) is 109 cm³/mol. The van der Waals surface area contributed by atoms with Crippen molar-refractivity contribution >= 4 is 26.7 Å². The van der Waals surface area contributed by atoms with Crippen LogP contribution in [0.4, 0.5) is 5.13 Å². The Labute approximate surface area is 167 Å². The average molecular weight is 395 g/mol. The van der Waals surface area contributed by atoms with Gasteiger partial charge >= 0.3 is 0 Å². The molecular weight excluding hydrogens is 374 g/mol. The first-order valence-electron chi connectivity index (χ1n) is 9.12. The third kappa shape index (κ3) is 3.26. The van der Waals surface area contributed by atoms with Gasteiger partial charge in [0.25, 0.3) is 0 Å². The molecule has 2 heterocycles. The molecule has 0 amide bonds. The van der Waals surface area contributed by atoms with Crippen molar-refractivity contribution < 1.29 is 14.6 Å². The molecular formula is C21H21N3O3S. The number of nitrogens with one attached hydrogen (secondary N) is 1. The van der Waals surface area contributed by atoms with Gasteiger partial charge < -0.3 is 19.9 Å². The lowest BCUT2D eigenvalue weighted by molar-refractivity contribution is -0.0532. The molecule has 1 aliphatic heterocycles. The smallest absolute Gasteiger partial charge is 0.184 e. The molecule has 144 valence electrons. The van der Waals surface area contributed by atoms with E-state index in [9.17, 15) is 10.4 Å². The fraction of sp³-hybridized carbons (Fsp3) is 0.333. The number of anilines is 1. The van der Waals surface area contributed by atoms with Crippen molar-refractivity contribution in [3.8, 4) is 17.6 Å². The number of benzene rings is 2. The Kier molecular flexibility index (Phi) is 4.61. The molecule has 0 radical (unpaired) electrons. The Hall–Kier alpha value is -2.82. The van der Waals surface area contributed by atoms with Gasteiger partial charge in [0.2, 0.25) is 0 Å². The molecule has 0 spiro atoms. The van der Waals surface area contributed by atoms with E-state index in [2.05, 4.69) is 16.4 Å². The zero-order chi connectivity index (χ0) is 19.9. The summed E-state index contributed by atoms with van der Waals surface area (Å²) in [5, 5.41) is 24.3. The summed E-state index contributed by atoms with van der Waals surface area (Å²) in [4.78, 5) is 4.66. The molecule has 0 unspecified atom stereocenters. The first-order chi connectivity index (χ1) is 13.4. The minimum absolute atomic E-state index is 0.445. The van der Waals surface area contributed by atoms with Gasteiger partial charge in [-0.25, -0.2) is 4.98 Å². The molecule has 0 bridgehead atoms. The number of hydrogen-bond donors (Lipinski definition) is 2. The van der Waals surface area contributed by atoms with Crippen LogP contribution in [0.5, 0.6) is 11.5 Å². The van der Waals surface area contributed by atoms with E-state index in [1.165, 1.54) is 11.3 Å². The Bertz CT molecular complexity index is 1070. The quantitative estimate of drug-likeness (QED) is 0.687. The van der Waals surface area contributed by atoms with Crippen LogP contribution in [0, 0.1) is 11.3 Å². The van der Waals surface area contributed by atoms with Crippen molar-refractivity contribution in [2.24, 2.45) is 0 Å². The highest BCUT2D eigenvalue weighted by atomic mass is 32.1. The van der Waals surface area contributed by atoms with E-state index in [0.29, 0.717) is 23.1 Å². The number of thiazole rings is 1. The highest BCUT2D eigenvalue weighted by Crippen LogP contribution is 2.42. The lowest BCUT2D eigenvalue weighted by Gasteiger charge is -2.42. The topological polar surface area (TPSA) is 87.4 Å². The van der Waals surface area contributed by atoms with Crippen LogP contribution in [0.1, 0.15) is 37.9 Å². The van der Waals surface area contributed by atoms with Gasteiger partial charge in [-0.05, 0) is 51.1 Å². The summed E-state index contributed by atoms with van der Waals surface area (Å²) in [6.45, 7) is 6.24. The van der Waals surface area contributed by atoms with Crippen LogP contribution in [-0.4, -0.2) is 28.4 Å². The summed E-state index contributed by atoms with van der Waals surface area (Å²) < 4.78 is 12.5. The van der Waals surface area contributed by atoms with Crippen molar-refractivity contribution in [2.45, 2.75) is 38.5 Å². The van der Waals surface area contributed by atoms with Crippen molar-refractivity contribution in [1.82, 2.24) is 4.98 Å². The van der Waals surface area contributed by atoms with Gasteiger partial charge in [0, 0.05) is 11.6 Å². The van der Waals surface area contributed by atoms with Crippen LogP contribution < -0.4 is 14.8 Å². The summed E-state index contributed by atoms with van der Waals surface area (Å²) in [5.74, 6) is 1.44. The minimum Gasteiger partial charge on any atom is -0.494 e. The van der Waals surface area contributed by atoms with Crippen molar-refractivity contribution in [1.29, 1.82) is 5.26 Å². The van der Waals surface area contributed by atoms with Crippen LogP contribution in [0.3, 0.4) is 0 Å². The van der Waals surface area contributed by atoms with Crippen LogP contribution in [0.2, 0.25) is 0 Å². The van der Waals surface area contributed by atoms with Crippen molar-refractivity contribution in [3.05, 3.63) is 47.5 Å². The van der Waals surface area contributed by atoms with Crippen molar-refractivity contribution in [2.75, 3.05) is 11.9 Å². The lowest BCUT2D eigenvalue weighted by atomic mass is 9.86. The SMILES string of the molecule is CCOc1ccc2sc(N[C@@H]3c4cc(C#N)ccc4OC(C)(C)[C@H]3O)nc2c1. The molecule has 0 aliphatic carbocycles. The van der Waals surface area contributed by atoms with Gasteiger partial charge in [-0.2, -0.15) is 5.26 Å². The number of aliphatic hydroxyl groups is 1. The molecule has 2 aromatic carbocycles. The highest BCUT2D eigenvalue weighted by molar-refractivity contribution is 7.22. The third-order valence-corrected chi connectivity index (χ3v) is 5.79. The molecule has 3 aromatic rings. The molecule has 0 saturated carbocycles. The van der Waals surface area contributed by atoms with Gasteiger partial charge in [0.05, 0.1) is 34.5 Å². The maximum Gasteiger partial charge on any atom is 0.184 e. The normalized spacial score (nSPS) is 20.1. The van der Waals surface area contributed by atoms with E-state index < -0.39 is 17.7 Å². The largest absolute Gasteiger partial charge is 0.494 e. The van der Waals surface area contributed by atoms with Gasteiger partial charge in [0.15, 0.2) is 5.13 Å². The van der Waals surface area contributed by atoms with Crippen LogP contribution in [0.15, 0.2) is 36.4 Å². The summed E-state index contributed by atoms with van der Waals surface area (Å²) >= 11 is 1.51. The molecule has 7 heteroatoms. The molecule has 2 N–H and O–H groups in total. The standard InChI is InChI=1S/C21H21N3O3S/c1-4-26-13-6-8-17-15(10-13)23-20(28-17)24-18-14-9-12(11-22)5-7-16(14)27-21(2,3)19(18)25/h5-10,18-19,25H,4H2,1-3H3,(H,23,24)/t18-,19+/m1/s1. The molecule has 2 atom stereocenters. The van der Waals surface area contributed by atoms with E-state index in [1.54, 1.807) is 18.2 Å². The number of aromatic nitrogens is 1. The zero-order valence-corrected chi connectivity index (χ0v) is 16.7. The van der Waals surface area contributed by atoms with Gasteiger partial charge in [0.1, 0.15) is 23.2 Å². The Balaban J connectivity index is 1.72. The Morgan fingerprint density at radius 1 is 1.32 bits per heavy atom. The minimum atomic E-state index is -0.819. The number of nitrogens with zero attached hydrogens (tertiary/aromatic N) is 2. The van der Waals surface area contributed by atoms with E-state index in [-0.39, 0.29) is 0 Å². The second kappa shape index (κ2) is 6.97. The zero-order valence-electron chi connectivity index (χ0n) is 15.9. The number of aliphatic hydroxyl groups excluding tert-OH is 1. The fourth-order valence-electron chi connectivity index (χ4n) is 3.38. The summed E-state index contributed by atoms with van der Waals surface area (Å²) in [5.41, 5.74) is 1.33. The molecule has 0 saturated heterocycles. The molecule has 4 rings (SSSR count). The fourth-order valence-corrected chi connectivity index (χ4v) is 4.27. The lowest BCUT2D eigenvalue weighted by Crippen LogP contribution is -2.50. The Morgan fingerprint density at radius 2 is 2.14 bits per heavy atom. The first kappa shape index (κ1) is 18.5. The van der Waals surface area contributed by atoms with E-state index >= 15 is 0 Å². The number of ether oxygens (including phenoxy) is 2. The average Bonchev–Trinajstić information content (AvgIpc) is 3.07. The number of hydrogen-bond acceptors (Lipinski definition) is 7. The Morgan fingerprint density at radius 3 is 2.89 bits per heavy atom. The van der Waals surface area contributed by atoms with Crippen molar-refractivity contribution in [3.63, 3.8) is 0 Å². The molecule has 1 aliphatic rings. The summed E-state index contributed by atoms with van der Waals surface area (Å²) in [7, 11) is 0. The number of nitriles is 1. The second-order valence-electron chi connectivity index (χ2n) is 7.22. The second-order valence-corrected chi connectivity index (χ2v) is 8.25. The maximum atomic E-state index is 10.9. The summed E-state index contributed by atoms with van der Waals surface area (Å²) in [6, 6.07) is 12.8. The highest BCUT2D eigenvalue weighted by Gasteiger charge is 2.43. The molecule has 0 fully saturated rings. The number of rotatable bonds is 4. The third-order valence-electron chi connectivity index (χ3n) is 4.82. The van der Waals surface area contributed by atoms with Crippen LogP contribution in [0.25, 0.3) is 10.2 Å². The van der Waals surface area contributed by atoms with Gasteiger partial charge in [-0.1, -0.05) is 11.3 Å². The first-order valence-corrected chi connectivity index (χ1v) is 9.94. The molecule has 28 heavy (non-hydrogen) atoms. The molecule has 6 nitrogen and oxygen atoms in total. The van der Waals surface area contributed by atoms with Crippen LogP contribution >= 0.6 is 11.3 Å². The van der Waals surface area contributed by atoms with E-state index in [4.69, 9.17) is 9.47 Å². The van der Waals surface area contributed by atoms with Gasteiger partial charge in [-0.3, -0.25) is 0 Å². The summed E-state index contributed by atoms with van der Waals surface area (Å²) in [6.07, 6.45) is -0.819. The van der Waals surface area contributed by atoms with E-state index in [0.717, 1.165) is 21.5 Å². The van der Waals surface area contributed by atoms with Gasteiger partial charge in [-0.15, -0.1) is 0 Å². The molecule has 1 aromatic heterocycles. The van der Waals surface area contributed by atoms with Crippen LogP contribution in [-0.2, 0) is 0 Å². The maximum absolute atomic E-state index is 10.9. The van der Waals surface area contributed by atoms with E-state index in [1.807, 2.05) is 39.0 Å². The monoisotopic (exact) mass is 395 g/mol. The predicted octanol–water partition coefficient (Wildman–Crippen LogP) is 4.25. The number of fused-ring (bicyclic) bond motifs is 2.